The molecular weight excluding hydrogens is 390 g/mol. The first-order valence-electron chi connectivity index (χ1n) is 8.91. The van der Waals surface area contributed by atoms with Crippen LogP contribution in [0.1, 0.15) is 5.56 Å². The van der Waals surface area contributed by atoms with Crippen LogP contribution in [0.2, 0.25) is 0 Å². The number of rotatable bonds is 9. The quantitative estimate of drug-likeness (QED) is 0.393. The standard InChI is InChI=1S/C20H23N5O3S/c1-5-11-25(12-6-2)19-17-18(24(3)14-21-17)22-20(23-19)29(26,27)13-15-7-9-16(28-4)10-8-15/h5-10,14H,1-2,11-13H2,3-4H3. The van der Waals surface area contributed by atoms with Crippen molar-refractivity contribution in [1.29, 1.82) is 0 Å². The van der Waals surface area contributed by atoms with Gasteiger partial charge in [-0.1, -0.05) is 24.3 Å². The monoisotopic (exact) mass is 413 g/mol. The molecule has 8 nitrogen and oxygen atoms in total. The summed E-state index contributed by atoms with van der Waals surface area (Å²) in [4.78, 5) is 14.9. The van der Waals surface area contributed by atoms with E-state index < -0.39 is 9.84 Å². The van der Waals surface area contributed by atoms with Crippen LogP contribution in [0.4, 0.5) is 5.82 Å². The topological polar surface area (TPSA) is 90.2 Å². The average Bonchev–Trinajstić information content (AvgIpc) is 3.08. The summed E-state index contributed by atoms with van der Waals surface area (Å²) < 4.78 is 32.9. The Balaban J connectivity index is 2.08. The van der Waals surface area contributed by atoms with Gasteiger partial charge in [-0.05, 0) is 17.7 Å². The Kier molecular flexibility index (Phi) is 5.97. The summed E-state index contributed by atoms with van der Waals surface area (Å²) in [5, 5.41) is -0.238. The largest absolute Gasteiger partial charge is 0.497 e. The zero-order valence-corrected chi connectivity index (χ0v) is 17.3. The van der Waals surface area contributed by atoms with E-state index in [4.69, 9.17) is 4.74 Å². The van der Waals surface area contributed by atoms with Gasteiger partial charge in [0, 0.05) is 20.1 Å². The number of nitrogens with zero attached hydrogens (tertiary/aromatic N) is 5. The highest BCUT2D eigenvalue weighted by Crippen LogP contribution is 2.25. The molecule has 0 aliphatic rings. The minimum Gasteiger partial charge on any atom is -0.497 e. The first-order chi connectivity index (χ1) is 13.9. The van der Waals surface area contributed by atoms with Crippen molar-refractivity contribution in [2.75, 3.05) is 25.1 Å². The van der Waals surface area contributed by atoms with Crippen molar-refractivity contribution in [3.05, 3.63) is 61.5 Å². The number of ether oxygens (including phenoxy) is 1. The number of sulfone groups is 1. The predicted molar refractivity (Wildman–Crippen MR) is 113 cm³/mol. The molecular formula is C20H23N5O3S. The smallest absolute Gasteiger partial charge is 0.251 e. The summed E-state index contributed by atoms with van der Waals surface area (Å²) in [6, 6.07) is 6.86. The number of aromatic nitrogens is 4. The van der Waals surface area contributed by atoms with Gasteiger partial charge < -0.3 is 14.2 Å². The van der Waals surface area contributed by atoms with E-state index >= 15 is 0 Å². The summed E-state index contributed by atoms with van der Waals surface area (Å²) >= 11 is 0. The molecule has 1 aromatic carbocycles. The highest BCUT2D eigenvalue weighted by molar-refractivity contribution is 7.90. The van der Waals surface area contributed by atoms with Gasteiger partial charge in [-0.15, -0.1) is 13.2 Å². The van der Waals surface area contributed by atoms with Crippen molar-refractivity contribution in [3.8, 4) is 5.75 Å². The average molecular weight is 414 g/mol. The van der Waals surface area contributed by atoms with E-state index in [0.29, 0.717) is 41.4 Å². The van der Waals surface area contributed by atoms with E-state index in [-0.39, 0.29) is 10.9 Å². The maximum atomic E-state index is 13.1. The first kappa shape index (κ1) is 20.5. The number of imidazole rings is 1. The molecule has 3 rings (SSSR count). The van der Waals surface area contributed by atoms with Gasteiger partial charge in [0.05, 0.1) is 19.2 Å². The predicted octanol–water partition coefficient (Wildman–Crippen LogP) is 2.52. The highest BCUT2D eigenvalue weighted by Gasteiger charge is 2.24. The fourth-order valence-electron chi connectivity index (χ4n) is 2.90. The lowest BCUT2D eigenvalue weighted by atomic mass is 10.2. The van der Waals surface area contributed by atoms with Crippen molar-refractivity contribution in [2.24, 2.45) is 7.05 Å². The second-order valence-corrected chi connectivity index (χ2v) is 8.33. The molecule has 152 valence electrons. The molecule has 0 aliphatic carbocycles. The third-order valence-electron chi connectivity index (χ3n) is 4.31. The number of hydrogen-bond acceptors (Lipinski definition) is 7. The first-order valence-corrected chi connectivity index (χ1v) is 10.6. The van der Waals surface area contributed by atoms with Crippen LogP contribution >= 0.6 is 0 Å². The minimum atomic E-state index is -3.79. The van der Waals surface area contributed by atoms with E-state index in [2.05, 4.69) is 28.1 Å². The Morgan fingerprint density at radius 2 is 1.79 bits per heavy atom. The zero-order chi connectivity index (χ0) is 21.0. The van der Waals surface area contributed by atoms with Crippen molar-refractivity contribution >= 4 is 26.8 Å². The van der Waals surface area contributed by atoms with E-state index in [9.17, 15) is 8.42 Å². The molecule has 29 heavy (non-hydrogen) atoms. The summed E-state index contributed by atoms with van der Waals surface area (Å²) in [5.74, 6) is 0.872. The minimum absolute atomic E-state index is 0.220. The maximum absolute atomic E-state index is 13.1. The van der Waals surface area contributed by atoms with Crippen LogP contribution in [-0.4, -0.2) is 48.1 Å². The van der Waals surface area contributed by atoms with Crippen LogP contribution in [-0.2, 0) is 22.6 Å². The zero-order valence-electron chi connectivity index (χ0n) is 16.4. The van der Waals surface area contributed by atoms with Crippen molar-refractivity contribution < 1.29 is 13.2 Å². The van der Waals surface area contributed by atoms with Gasteiger partial charge >= 0.3 is 0 Å². The lowest BCUT2D eigenvalue weighted by molar-refractivity contribution is 0.414. The normalized spacial score (nSPS) is 11.4. The Morgan fingerprint density at radius 1 is 1.14 bits per heavy atom. The molecule has 3 aromatic rings. The Labute approximate surface area is 170 Å². The molecule has 0 N–H and O–H groups in total. The molecule has 0 unspecified atom stereocenters. The van der Waals surface area contributed by atoms with Gasteiger partial charge in [-0.3, -0.25) is 0 Å². The molecule has 0 radical (unpaired) electrons. The van der Waals surface area contributed by atoms with Crippen LogP contribution in [0.3, 0.4) is 0 Å². The SMILES string of the molecule is C=CCN(CC=C)c1nc(S(=O)(=O)Cc2ccc(OC)cc2)nc2c1ncn2C. The van der Waals surface area contributed by atoms with Gasteiger partial charge in [-0.25, -0.2) is 13.4 Å². The molecule has 0 fully saturated rings. The molecule has 2 aromatic heterocycles. The third kappa shape index (κ3) is 4.29. The third-order valence-corrected chi connectivity index (χ3v) is 5.77. The van der Waals surface area contributed by atoms with Gasteiger partial charge in [0.1, 0.15) is 5.75 Å². The van der Waals surface area contributed by atoms with Crippen molar-refractivity contribution in [1.82, 2.24) is 19.5 Å². The van der Waals surface area contributed by atoms with Gasteiger partial charge in [0.25, 0.3) is 5.16 Å². The van der Waals surface area contributed by atoms with Crippen LogP contribution in [0.15, 0.2) is 61.1 Å². The number of aryl methyl sites for hydroxylation is 1. The summed E-state index contributed by atoms with van der Waals surface area (Å²) in [5.41, 5.74) is 1.59. The number of benzene rings is 1. The number of fused-ring (bicyclic) bond motifs is 1. The second kappa shape index (κ2) is 8.44. The Hall–Kier alpha value is -3.20. The lowest BCUT2D eigenvalue weighted by Gasteiger charge is -2.21. The van der Waals surface area contributed by atoms with Crippen LogP contribution in [0.5, 0.6) is 5.75 Å². The van der Waals surface area contributed by atoms with E-state index in [1.165, 1.54) is 0 Å². The van der Waals surface area contributed by atoms with Crippen molar-refractivity contribution in [3.63, 3.8) is 0 Å². The van der Waals surface area contributed by atoms with Crippen LogP contribution in [0, 0.1) is 0 Å². The highest BCUT2D eigenvalue weighted by atomic mass is 32.2. The Bertz CT molecular complexity index is 1130. The second-order valence-electron chi connectivity index (χ2n) is 6.45. The fraction of sp³-hybridized carbons (Fsp3) is 0.250. The van der Waals surface area contributed by atoms with Gasteiger partial charge in [-0.2, -0.15) is 9.97 Å². The number of hydrogen-bond donors (Lipinski definition) is 0. The number of methoxy groups -OCH3 is 1. The summed E-state index contributed by atoms with van der Waals surface area (Å²) in [7, 11) is -0.468. The molecule has 0 atom stereocenters. The van der Waals surface area contributed by atoms with Crippen molar-refractivity contribution in [2.45, 2.75) is 10.9 Å². The molecule has 0 saturated heterocycles. The maximum Gasteiger partial charge on any atom is 0.251 e. The molecule has 0 spiro atoms. The molecule has 0 bridgehead atoms. The lowest BCUT2D eigenvalue weighted by Crippen LogP contribution is -2.26. The number of anilines is 1. The van der Waals surface area contributed by atoms with E-state index in [0.717, 1.165) is 0 Å². The molecule has 0 aliphatic heterocycles. The molecule has 9 heteroatoms. The summed E-state index contributed by atoms with van der Waals surface area (Å²) in [6.07, 6.45) is 5.01. The van der Waals surface area contributed by atoms with Gasteiger partial charge in [0.15, 0.2) is 17.0 Å². The molecule has 0 saturated carbocycles. The summed E-state index contributed by atoms with van der Waals surface area (Å²) in [6.45, 7) is 8.45. The van der Waals surface area contributed by atoms with E-state index in [1.54, 1.807) is 61.5 Å². The van der Waals surface area contributed by atoms with E-state index in [1.807, 2.05) is 4.90 Å². The van der Waals surface area contributed by atoms with Crippen LogP contribution in [0.25, 0.3) is 11.2 Å². The molecule has 2 heterocycles. The fourth-order valence-corrected chi connectivity index (χ4v) is 4.11. The van der Waals surface area contributed by atoms with Gasteiger partial charge in [0.2, 0.25) is 9.84 Å². The Morgan fingerprint density at radius 3 is 2.38 bits per heavy atom. The van der Waals surface area contributed by atoms with Crippen LogP contribution < -0.4 is 9.64 Å². The molecule has 0 amide bonds.